The minimum atomic E-state index is -0.297. The third-order valence-corrected chi connectivity index (χ3v) is 4.86. The molecule has 0 saturated carbocycles. The molecular formula is C22H29FN2O2. The Morgan fingerprint density at radius 1 is 1.26 bits per heavy atom. The fourth-order valence-corrected chi connectivity index (χ4v) is 3.61. The number of benzene rings is 1. The SMILES string of the molecule is C=C(C)/C=C(/C)N(CC(=O)N1CCCCC[C@@H]1c1cccc(F)c1)C(C)=O. The number of likely N-dealkylation sites (tertiary alicyclic amines) is 1. The van der Waals surface area contributed by atoms with Crippen LogP contribution in [0.25, 0.3) is 0 Å². The summed E-state index contributed by atoms with van der Waals surface area (Å²) in [5.74, 6) is -0.596. The highest BCUT2D eigenvalue weighted by molar-refractivity contribution is 5.85. The lowest BCUT2D eigenvalue weighted by atomic mass is 10.0. The first-order chi connectivity index (χ1) is 12.8. The van der Waals surface area contributed by atoms with Crippen LogP contribution in [0.4, 0.5) is 4.39 Å². The third kappa shape index (κ3) is 5.78. The zero-order valence-electron chi connectivity index (χ0n) is 16.5. The van der Waals surface area contributed by atoms with Crippen LogP contribution in [0.3, 0.4) is 0 Å². The molecule has 5 heteroatoms. The highest BCUT2D eigenvalue weighted by Crippen LogP contribution is 2.30. The zero-order valence-corrected chi connectivity index (χ0v) is 16.5. The fraction of sp³-hybridized carbons (Fsp3) is 0.455. The number of amides is 2. The van der Waals surface area contributed by atoms with Crippen LogP contribution >= 0.6 is 0 Å². The van der Waals surface area contributed by atoms with E-state index in [1.807, 2.05) is 17.9 Å². The summed E-state index contributed by atoms with van der Waals surface area (Å²) in [7, 11) is 0. The number of carbonyl (C=O) groups is 2. The van der Waals surface area contributed by atoms with Gasteiger partial charge < -0.3 is 9.80 Å². The molecule has 0 N–H and O–H groups in total. The molecule has 1 aliphatic rings. The van der Waals surface area contributed by atoms with Crippen LogP contribution in [0, 0.1) is 5.82 Å². The molecule has 0 unspecified atom stereocenters. The minimum Gasteiger partial charge on any atom is -0.334 e. The van der Waals surface area contributed by atoms with E-state index in [0.717, 1.165) is 36.8 Å². The molecule has 1 atom stereocenters. The molecule has 2 amide bonds. The molecule has 146 valence electrons. The van der Waals surface area contributed by atoms with Gasteiger partial charge in [0.2, 0.25) is 11.8 Å². The summed E-state index contributed by atoms with van der Waals surface area (Å²) >= 11 is 0. The van der Waals surface area contributed by atoms with Crippen molar-refractivity contribution in [1.82, 2.24) is 9.80 Å². The van der Waals surface area contributed by atoms with Gasteiger partial charge in [0.1, 0.15) is 12.4 Å². The first kappa shape index (κ1) is 20.9. The Hall–Kier alpha value is -2.43. The molecule has 2 rings (SSSR count). The third-order valence-electron chi connectivity index (χ3n) is 4.86. The lowest BCUT2D eigenvalue weighted by Gasteiger charge is -2.33. The van der Waals surface area contributed by atoms with Gasteiger partial charge >= 0.3 is 0 Å². The van der Waals surface area contributed by atoms with Gasteiger partial charge in [0, 0.05) is 19.2 Å². The molecule has 1 aromatic carbocycles. The Kier molecular flexibility index (Phi) is 7.34. The first-order valence-electron chi connectivity index (χ1n) is 9.46. The molecule has 0 bridgehead atoms. The molecule has 4 nitrogen and oxygen atoms in total. The van der Waals surface area contributed by atoms with Gasteiger partial charge in [-0.05, 0) is 50.5 Å². The maximum absolute atomic E-state index is 13.7. The molecular weight excluding hydrogens is 343 g/mol. The van der Waals surface area contributed by atoms with E-state index in [1.54, 1.807) is 19.1 Å². The predicted molar refractivity (Wildman–Crippen MR) is 105 cm³/mol. The van der Waals surface area contributed by atoms with E-state index >= 15 is 0 Å². The fourth-order valence-electron chi connectivity index (χ4n) is 3.61. The van der Waals surface area contributed by atoms with E-state index in [4.69, 9.17) is 0 Å². The van der Waals surface area contributed by atoms with E-state index in [-0.39, 0.29) is 30.2 Å². The second kappa shape index (κ2) is 9.49. The average molecular weight is 372 g/mol. The van der Waals surface area contributed by atoms with Crippen molar-refractivity contribution in [3.8, 4) is 0 Å². The van der Waals surface area contributed by atoms with Crippen molar-refractivity contribution in [2.45, 2.75) is 52.5 Å². The van der Waals surface area contributed by atoms with E-state index in [0.29, 0.717) is 12.2 Å². The Balaban J connectivity index is 2.26. The number of carbonyl (C=O) groups excluding carboxylic acids is 2. The number of halogens is 1. The van der Waals surface area contributed by atoms with Crippen LogP contribution in [-0.4, -0.2) is 34.7 Å². The number of rotatable bonds is 5. The van der Waals surface area contributed by atoms with Gasteiger partial charge in [0.15, 0.2) is 0 Å². The Morgan fingerprint density at radius 2 is 2.00 bits per heavy atom. The second-order valence-corrected chi connectivity index (χ2v) is 7.24. The minimum absolute atomic E-state index is 0.0171. The van der Waals surface area contributed by atoms with Crippen LogP contribution in [0.1, 0.15) is 58.1 Å². The van der Waals surface area contributed by atoms with Crippen molar-refractivity contribution < 1.29 is 14.0 Å². The molecule has 0 spiro atoms. The van der Waals surface area contributed by atoms with Crippen molar-refractivity contribution in [3.05, 3.63) is 59.6 Å². The number of allylic oxidation sites excluding steroid dienone is 3. The number of nitrogens with zero attached hydrogens (tertiary/aromatic N) is 2. The van der Waals surface area contributed by atoms with E-state index in [1.165, 1.54) is 24.0 Å². The van der Waals surface area contributed by atoms with E-state index < -0.39 is 0 Å². The predicted octanol–water partition coefficient (Wildman–Crippen LogP) is 4.60. The van der Waals surface area contributed by atoms with Gasteiger partial charge in [-0.25, -0.2) is 4.39 Å². The van der Waals surface area contributed by atoms with E-state index in [9.17, 15) is 14.0 Å². The van der Waals surface area contributed by atoms with Crippen LogP contribution in [0.2, 0.25) is 0 Å². The van der Waals surface area contributed by atoms with Crippen molar-refractivity contribution >= 4 is 11.8 Å². The van der Waals surface area contributed by atoms with Gasteiger partial charge in [0.25, 0.3) is 0 Å². The number of hydrogen-bond acceptors (Lipinski definition) is 2. The Labute approximate surface area is 161 Å². The zero-order chi connectivity index (χ0) is 20.0. The summed E-state index contributed by atoms with van der Waals surface area (Å²) in [4.78, 5) is 28.5. The molecule has 0 aliphatic carbocycles. The Morgan fingerprint density at radius 3 is 2.63 bits per heavy atom. The Bertz CT molecular complexity index is 742. The molecule has 1 saturated heterocycles. The first-order valence-corrected chi connectivity index (χ1v) is 9.46. The largest absolute Gasteiger partial charge is 0.334 e. The van der Waals surface area contributed by atoms with Crippen LogP contribution in [-0.2, 0) is 9.59 Å². The average Bonchev–Trinajstić information content (AvgIpc) is 2.84. The second-order valence-electron chi connectivity index (χ2n) is 7.24. The van der Waals surface area contributed by atoms with Gasteiger partial charge in [-0.1, -0.05) is 37.1 Å². The normalized spacial score (nSPS) is 18.0. The van der Waals surface area contributed by atoms with Crippen molar-refractivity contribution in [2.24, 2.45) is 0 Å². The monoisotopic (exact) mass is 372 g/mol. The van der Waals surface area contributed by atoms with Crippen molar-refractivity contribution in [1.29, 1.82) is 0 Å². The summed E-state index contributed by atoms with van der Waals surface area (Å²) in [6, 6.07) is 6.31. The molecule has 1 heterocycles. The summed E-state index contributed by atoms with van der Waals surface area (Å²) in [5.41, 5.74) is 2.33. The highest BCUT2D eigenvalue weighted by Gasteiger charge is 2.29. The van der Waals surface area contributed by atoms with Crippen LogP contribution in [0.15, 0.2) is 48.2 Å². The lowest BCUT2D eigenvalue weighted by Crippen LogP contribution is -2.43. The van der Waals surface area contributed by atoms with Gasteiger partial charge in [-0.3, -0.25) is 9.59 Å². The maximum Gasteiger partial charge on any atom is 0.243 e. The maximum atomic E-state index is 13.7. The van der Waals surface area contributed by atoms with Crippen molar-refractivity contribution in [2.75, 3.05) is 13.1 Å². The van der Waals surface area contributed by atoms with Gasteiger partial charge in [-0.15, -0.1) is 0 Å². The highest BCUT2D eigenvalue weighted by atomic mass is 19.1. The molecule has 0 aromatic heterocycles. The molecule has 27 heavy (non-hydrogen) atoms. The topological polar surface area (TPSA) is 40.6 Å². The van der Waals surface area contributed by atoms with Crippen LogP contribution in [0.5, 0.6) is 0 Å². The number of hydrogen-bond donors (Lipinski definition) is 0. The van der Waals surface area contributed by atoms with Crippen molar-refractivity contribution in [3.63, 3.8) is 0 Å². The van der Waals surface area contributed by atoms with Gasteiger partial charge in [-0.2, -0.15) is 0 Å². The van der Waals surface area contributed by atoms with Gasteiger partial charge in [0.05, 0.1) is 6.04 Å². The van der Waals surface area contributed by atoms with Crippen LogP contribution < -0.4 is 0 Å². The smallest absolute Gasteiger partial charge is 0.243 e. The molecule has 1 aliphatic heterocycles. The molecule has 0 radical (unpaired) electrons. The molecule has 1 aromatic rings. The lowest BCUT2D eigenvalue weighted by molar-refractivity contribution is -0.139. The summed E-state index contributed by atoms with van der Waals surface area (Å²) in [5, 5.41) is 0. The van der Waals surface area contributed by atoms with E-state index in [2.05, 4.69) is 6.58 Å². The molecule has 1 fully saturated rings. The summed E-state index contributed by atoms with van der Waals surface area (Å²) < 4.78 is 13.7. The quantitative estimate of drug-likeness (QED) is 0.709. The standard InChI is InChI=1S/C22H29FN2O2/c1-16(2)13-17(3)25(18(4)26)15-22(27)24-12-7-5-6-11-21(24)19-9-8-10-20(23)14-19/h8-10,13-14,21H,1,5-7,11-12,15H2,2-4H3/b17-13-/t21-/m1/s1. The summed E-state index contributed by atoms with van der Waals surface area (Å²) in [6.07, 6.45) is 5.55. The summed E-state index contributed by atoms with van der Waals surface area (Å²) in [6.45, 7) is 9.54.